The number of fused-ring (bicyclic) bond motifs is 1. The van der Waals surface area contributed by atoms with E-state index < -0.39 is 5.69 Å². The van der Waals surface area contributed by atoms with Crippen LogP contribution >= 0.6 is 0 Å². The number of hydrogen-bond acceptors (Lipinski definition) is 4. The molecule has 0 aliphatic carbocycles. The van der Waals surface area contributed by atoms with Gasteiger partial charge in [0.1, 0.15) is 0 Å². The summed E-state index contributed by atoms with van der Waals surface area (Å²) in [5.41, 5.74) is 0.733. The fourth-order valence-corrected chi connectivity index (χ4v) is 2.71. The van der Waals surface area contributed by atoms with E-state index in [0.717, 1.165) is 4.57 Å². The maximum absolute atomic E-state index is 13.1. The standard InChI is InChI=1S/C18H12N4O2/c23-17-15-7-1-2-8-16(15)21(13-5-3-9-19-11-13)18(24)22(17)14-6-4-10-20-12-14/h1-12H. The van der Waals surface area contributed by atoms with Crippen LogP contribution in [0.3, 0.4) is 0 Å². The van der Waals surface area contributed by atoms with Crippen molar-refractivity contribution in [1.29, 1.82) is 0 Å². The molecular formula is C18H12N4O2. The highest BCUT2D eigenvalue weighted by Crippen LogP contribution is 2.13. The van der Waals surface area contributed by atoms with Crippen molar-refractivity contribution in [1.82, 2.24) is 19.1 Å². The van der Waals surface area contributed by atoms with Crippen molar-refractivity contribution in [3.63, 3.8) is 0 Å². The van der Waals surface area contributed by atoms with Gasteiger partial charge in [-0.1, -0.05) is 12.1 Å². The monoisotopic (exact) mass is 316 g/mol. The van der Waals surface area contributed by atoms with Gasteiger partial charge in [-0.05, 0) is 36.4 Å². The van der Waals surface area contributed by atoms with Gasteiger partial charge in [0.05, 0.1) is 34.7 Å². The zero-order chi connectivity index (χ0) is 16.5. The van der Waals surface area contributed by atoms with Gasteiger partial charge in [-0.15, -0.1) is 0 Å². The second-order valence-corrected chi connectivity index (χ2v) is 5.20. The molecule has 0 N–H and O–H groups in total. The lowest BCUT2D eigenvalue weighted by atomic mass is 10.2. The van der Waals surface area contributed by atoms with Crippen LogP contribution in [0.25, 0.3) is 22.3 Å². The summed E-state index contributed by atoms with van der Waals surface area (Å²) >= 11 is 0. The molecule has 116 valence electrons. The molecule has 0 unspecified atom stereocenters. The van der Waals surface area contributed by atoms with E-state index in [9.17, 15) is 9.59 Å². The minimum atomic E-state index is -0.459. The Hall–Kier alpha value is -3.54. The number of nitrogens with zero attached hydrogens (tertiary/aromatic N) is 4. The molecule has 0 aliphatic rings. The van der Waals surface area contributed by atoms with E-state index in [0.29, 0.717) is 22.3 Å². The molecule has 4 aromatic rings. The predicted molar refractivity (Wildman–Crippen MR) is 90.7 cm³/mol. The molecule has 0 amide bonds. The first-order chi connectivity index (χ1) is 11.8. The topological polar surface area (TPSA) is 69.8 Å². The second kappa shape index (κ2) is 5.58. The van der Waals surface area contributed by atoms with Crippen molar-refractivity contribution in [2.45, 2.75) is 0 Å². The van der Waals surface area contributed by atoms with Crippen LogP contribution in [0.15, 0.2) is 82.9 Å². The Morgan fingerprint density at radius 2 is 1.33 bits per heavy atom. The maximum atomic E-state index is 13.1. The first-order valence-electron chi connectivity index (χ1n) is 7.35. The summed E-state index contributed by atoms with van der Waals surface area (Å²) in [4.78, 5) is 34.0. The lowest BCUT2D eigenvalue weighted by Crippen LogP contribution is -2.38. The van der Waals surface area contributed by atoms with E-state index in [1.165, 1.54) is 10.8 Å². The Morgan fingerprint density at radius 1 is 0.708 bits per heavy atom. The van der Waals surface area contributed by atoms with E-state index in [-0.39, 0.29) is 5.56 Å². The summed E-state index contributed by atoms with van der Waals surface area (Å²) in [6.07, 6.45) is 6.31. The van der Waals surface area contributed by atoms with Crippen LogP contribution in [-0.4, -0.2) is 19.1 Å². The van der Waals surface area contributed by atoms with E-state index in [4.69, 9.17) is 0 Å². The fourth-order valence-electron chi connectivity index (χ4n) is 2.71. The molecule has 3 aromatic heterocycles. The SMILES string of the molecule is O=c1c2ccccc2n(-c2cccnc2)c(=O)n1-c1cccnc1. The third-order valence-corrected chi connectivity index (χ3v) is 3.77. The van der Waals surface area contributed by atoms with Gasteiger partial charge >= 0.3 is 5.69 Å². The van der Waals surface area contributed by atoms with Gasteiger partial charge in [-0.3, -0.25) is 19.3 Å². The summed E-state index contributed by atoms with van der Waals surface area (Å²) < 4.78 is 2.61. The zero-order valence-electron chi connectivity index (χ0n) is 12.5. The molecule has 0 spiro atoms. The van der Waals surface area contributed by atoms with Gasteiger partial charge in [0.25, 0.3) is 5.56 Å². The van der Waals surface area contributed by atoms with Gasteiger partial charge in [0, 0.05) is 12.4 Å². The Labute approximate surface area is 136 Å². The first kappa shape index (κ1) is 14.1. The smallest absolute Gasteiger partial charge is 0.268 e. The highest BCUT2D eigenvalue weighted by atomic mass is 16.2. The Bertz CT molecular complexity index is 1130. The molecule has 0 radical (unpaired) electrons. The van der Waals surface area contributed by atoms with Crippen LogP contribution < -0.4 is 11.2 Å². The molecule has 6 heteroatoms. The largest absolute Gasteiger partial charge is 0.340 e. The number of aromatic nitrogens is 4. The van der Waals surface area contributed by atoms with E-state index in [1.54, 1.807) is 67.1 Å². The number of benzene rings is 1. The quantitative estimate of drug-likeness (QED) is 0.566. The number of para-hydroxylation sites is 1. The summed E-state index contributed by atoms with van der Waals surface area (Å²) in [7, 11) is 0. The normalized spacial score (nSPS) is 10.8. The predicted octanol–water partition coefficient (Wildman–Crippen LogP) is 1.93. The molecule has 0 fully saturated rings. The van der Waals surface area contributed by atoms with Crippen molar-refractivity contribution in [2.75, 3.05) is 0 Å². The van der Waals surface area contributed by atoms with Crippen LogP contribution in [0, 0.1) is 0 Å². The molecule has 0 atom stereocenters. The molecule has 0 saturated carbocycles. The molecule has 0 bridgehead atoms. The lowest BCUT2D eigenvalue weighted by molar-refractivity contribution is 0.828. The van der Waals surface area contributed by atoms with Crippen molar-refractivity contribution in [3.8, 4) is 11.4 Å². The van der Waals surface area contributed by atoms with Gasteiger partial charge in [0.15, 0.2) is 0 Å². The first-order valence-corrected chi connectivity index (χ1v) is 7.35. The number of rotatable bonds is 2. The molecule has 6 nitrogen and oxygen atoms in total. The van der Waals surface area contributed by atoms with Gasteiger partial charge in [0.2, 0.25) is 0 Å². The number of hydrogen-bond donors (Lipinski definition) is 0. The third-order valence-electron chi connectivity index (χ3n) is 3.77. The summed E-state index contributed by atoms with van der Waals surface area (Å²) in [6, 6.07) is 13.9. The molecule has 4 rings (SSSR count). The average molecular weight is 316 g/mol. The van der Waals surface area contributed by atoms with Crippen LogP contribution in [0.2, 0.25) is 0 Å². The third kappa shape index (κ3) is 2.13. The van der Waals surface area contributed by atoms with Gasteiger partial charge < -0.3 is 0 Å². The summed E-state index contributed by atoms with van der Waals surface area (Å²) in [5, 5.41) is 0.449. The Balaban J connectivity index is 2.21. The number of pyridine rings is 2. The molecular weight excluding hydrogens is 304 g/mol. The molecule has 0 aliphatic heterocycles. The zero-order valence-corrected chi connectivity index (χ0v) is 12.5. The Morgan fingerprint density at radius 3 is 1.96 bits per heavy atom. The second-order valence-electron chi connectivity index (χ2n) is 5.20. The van der Waals surface area contributed by atoms with Crippen LogP contribution in [-0.2, 0) is 0 Å². The van der Waals surface area contributed by atoms with E-state index in [2.05, 4.69) is 9.97 Å². The van der Waals surface area contributed by atoms with Crippen molar-refractivity contribution >= 4 is 10.9 Å². The molecule has 0 saturated heterocycles. The average Bonchev–Trinajstić information content (AvgIpc) is 2.64. The van der Waals surface area contributed by atoms with Crippen LogP contribution in [0.5, 0.6) is 0 Å². The Kier molecular flexibility index (Phi) is 3.28. The van der Waals surface area contributed by atoms with Gasteiger partial charge in [-0.2, -0.15) is 0 Å². The lowest BCUT2D eigenvalue weighted by Gasteiger charge is -2.13. The minimum Gasteiger partial charge on any atom is -0.268 e. The highest BCUT2D eigenvalue weighted by molar-refractivity contribution is 5.79. The van der Waals surface area contributed by atoms with Crippen LogP contribution in [0.1, 0.15) is 0 Å². The molecule has 1 aromatic carbocycles. The van der Waals surface area contributed by atoms with Crippen molar-refractivity contribution < 1.29 is 0 Å². The van der Waals surface area contributed by atoms with Gasteiger partial charge in [-0.25, -0.2) is 9.36 Å². The highest BCUT2D eigenvalue weighted by Gasteiger charge is 2.15. The minimum absolute atomic E-state index is 0.372. The summed E-state index contributed by atoms with van der Waals surface area (Å²) in [5.74, 6) is 0. The maximum Gasteiger partial charge on any atom is 0.340 e. The van der Waals surface area contributed by atoms with E-state index >= 15 is 0 Å². The fraction of sp³-hybridized carbons (Fsp3) is 0. The van der Waals surface area contributed by atoms with Crippen molar-refractivity contribution in [2.24, 2.45) is 0 Å². The van der Waals surface area contributed by atoms with Crippen molar-refractivity contribution in [3.05, 3.63) is 94.2 Å². The van der Waals surface area contributed by atoms with Crippen LogP contribution in [0.4, 0.5) is 0 Å². The summed E-state index contributed by atoms with van der Waals surface area (Å²) in [6.45, 7) is 0. The molecule has 24 heavy (non-hydrogen) atoms. The molecule has 3 heterocycles. The van der Waals surface area contributed by atoms with E-state index in [1.807, 2.05) is 0 Å².